The predicted molar refractivity (Wildman–Crippen MR) is 70.0 cm³/mol. The average molecular weight is 242 g/mol. The van der Waals surface area contributed by atoms with Crippen LogP contribution in [-0.4, -0.2) is 9.55 Å². The molecule has 84 valence electrons. The van der Waals surface area contributed by atoms with Crippen LogP contribution in [-0.2, 0) is 0 Å². The Morgan fingerprint density at radius 2 is 2.18 bits per heavy atom. The Kier molecular flexibility index (Phi) is 2.30. The number of aryl methyl sites for hydroxylation is 1. The maximum atomic E-state index is 12.0. The fourth-order valence-electron chi connectivity index (χ4n) is 1.77. The molecule has 0 radical (unpaired) electrons. The normalized spacial score (nSPS) is 10.9. The molecular weight excluding hydrogens is 232 g/mol. The number of fused-ring (bicyclic) bond motifs is 1. The summed E-state index contributed by atoms with van der Waals surface area (Å²) in [6.07, 6.45) is 5.24. The molecule has 4 heteroatoms. The van der Waals surface area contributed by atoms with Gasteiger partial charge in [-0.3, -0.25) is 9.36 Å². The first kappa shape index (κ1) is 10.2. The van der Waals surface area contributed by atoms with Crippen molar-refractivity contribution in [2.75, 3.05) is 0 Å². The summed E-state index contributed by atoms with van der Waals surface area (Å²) in [4.78, 5) is 16.0. The zero-order valence-corrected chi connectivity index (χ0v) is 10.1. The Morgan fingerprint density at radius 1 is 1.29 bits per heavy atom. The van der Waals surface area contributed by atoms with Crippen LogP contribution in [0.3, 0.4) is 0 Å². The van der Waals surface area contributed by atoms with E-state index in [0.29, 0.717) is 0 Å². The van der Waals surface area contributed by atoms with E-state index in [2.05, 4.69) is 4.98 Å². The van der Waals surface area contributed by atoms with Gasteiger partial charge in [0.05, 0.1) is 6.33 Å². The van der Waals surface area contributed by atoms with Crippen molar-refractivity contribution in [3.05, 3.63) is 58.8 Å². The summed E-state index contributed by atoms with van der Waals surface area (Å²) in [6.45, 7) is 1.99. The summed E-state index contributed by atoms with van der Waals surface area (Å²) >= 11 is 1.59. The van der Waals surface area contributed by atoms with Crippen LogP contribution >= 0.6 is 11.3 Å². The van der Waals surface area contributed by atoms with Gasteiger partial charge in [-0.05, 0) is 19.1 Å². The number of hydrogen-bond acceptors (Lipinski definition) is 3. The van der Waals surface area contributed by atoms with Crippen molar-refractivity contribution >= 4 is 21.4 Å². The van der Waals surface area contributed by atoms with Gasteiger partial charge in [-0.25, -0.2) is 4.98 Å². The number of aromatic nitrogens is 2. The highest BCUT2D eigenvalue weighted by Crippen LogP contribution is 2.22. The Labute approximate surface area is 102 Å². The molecular formula is C13H10N2OS. The number of hydrogen-bond donors (Lipinski definition) is 0. The van der Waals surface area contributed by atoms with Crippen LogP contribution in [0.4, 0.5) is 0 Å². The molecule has 0 unspecified atom stereocenters. The molecule has 0 atom stereocenters. The van der Waals surface area contributed by atoms with Gasteiger partial charge in [-0.1, -0.05) is 11.6 Å². The minimum Gasteiger partial charge on any atom is -0.297 e. The van der Waals surface area contributed by atoms with Crippen molar-refractivity contribution in [2.45, 2.75) is 6.92 Å². The molecule has 0 fully saturated rings. The molecule has 2 aromatic heterocycles. The van der Waals surface area contributed by atoms with Crippen LogP contribution < -0.4 is 5.43 Å². The summed E-state index contributed by atoms with van der Waals surface area (Å²) < 4.78 is 2.86. The lowest BCUT2D eigenvalue weighted by Crippen LogP contribution is -2.01. The zero-order chi connectivity index (χ0) is 11.8. The second-order valence-electron chi connectivity index (χ2n) is 3.92. The topological polar surface area (TPSA) is 34.9 Å². The summed E-state index contributed by atoms with van der Waals surface area (Å²) in [5.74, 6) is 0. The second-order valence-corrected chi connectivity index (χ2v) is 4.98. The molecule has 0 aliphatic rings. The molecule has 2 heterocycles. The lowest BCUT2D eigenvalue weighted by molar-refractivity contribution is 1.08. The van der Waals surface area contributed by atoms with Gasteiger partial charge < -0.3 is 0 Å². The zero-order valence-electron chi connectivity index (χ0n) is 9.25. The monoisotopic (exact) mass is 242 g/mol. The molecule has 0 amide bonds. The van der Waals surface area contributed by atoms with Gasteiger partial charge in [0, 0.05) is 28.5 Å². The van der Waals surface area contributed by atoms with Crippen LogP contribution in [0.15, 0.2) is 47.8 Å². The molecule has 0 aliphatic carbocycles. The van der Waals surface area contributed by atoms with Crippen molar-refractivity contribution in [2.24, 2.45) is 0 Å². The summed E-state index contributed by atoms with van der Waals surface area (Å²) in [7, 11) is 0. The molecule has 1 aromatic carbocycles. The number of nitrogens with zero attached hydrogens (tertiary/aromatic N) is 2. The number of benzene rings is 1. The third-order valence-corrected chi connectivity index (χ3v) is 3.74. The van der Waals surface area contributed by atoms with E-state index in [0.717, 1.165) is 20.7 Å². The molecule has 0 saturated heterocycles. The van der Waals surface area contributed by atoms with E-state index < -0.39 is 0 Å². The average Bonchev–Trinajstić information content (AvgIpc) is 2.83. The van der Waals surface area contributed by atoms with Crippen molar-refractivity contribution in [3.8, 4) is 5.00 Å². The fourth-order valence-corrected chi connectivity index (χ4v) is 2.78. The van der Waals surface area contributed by atoms with Crippen LogP contribution in [0, 0.1) is 6.92 Å². The Balaban J connectivity index is 2.32. The van der Waals surface area contributed by atoms with Gasteiger partial charge in [0.2, 0.25) is 0 Å². The van der Waals surface area contributed by atoms with Crippen molar-refractivity contribution in [1.82, 2.24) is 9.55 Å². The van der Waals surface area contributed by atoms with Gasteiger partial charge >= 0.3 is 0 Å². The minimum atomic E-state index is 0.0613. The SMILES string of the molecule is Cc1ccc2sc(-n3ccnc3)cc(=O)c2c1. The van der Waals surface area contributed by atoms with Crippen LogP contribution in [0.1, 0.15) is 5.56 Å². The molecule has 3 nitrogen and oxygen atoms in total. The van der Waals surface area contributed by atoms with Gasteiger partial charge in [0.1, 0.15) is 5.00 Å². The molecule has 3 rings (SSSR count). The third-order valence-electron chi connectivity index (χ3n) is 2.63. The van der Waals surface area contributed by atoms with Crippen LogP contribution in [0.5, 0.6) is 0 Å². The second kappa shape index (κ2) is 3.82. The van der Waals surface area contributed by atoms with E-state index in [1.807, 2.05) is 35.9 Å². The van der Waals surface area contributed by atoms with E-state index in [1.165, 1.54) is 0 Å². The first-order valence-corrected chi connectivity index (χ1v) is 6.08. The molecule has 0 spiro atoms. The highest BCUT2D eigenvalue weighted by molar-refractivity contribution is 7.20. The van der Waals surface area contributed by atoms with E-state index in [-0.39, 0.29) is 5.43 Å². The lowest BCUT2D eigenvalue weighted by Gasteiger charge is -2.03. The Hall–Kier alpha value is -1.94. The van der Waals surface area contributed by atoms with Gasteiger partial charge in [-0.2, -0.15) is 0 Å². The maximum Gasteiger partial charge on any atom is 0.190 e. The standard InChI is InChI=1S/C13H10N2OS/c1-9-2-3-12-10(6-9)11(16)7-13(17-12)15-5-4-14-8-15/h2-8H,1H3. The van der Waals surface area contributed by atoms with Crippen molar-refractivity contribution < 1.29 is 0 Å². The highest BCUT2D eigenvalue weighted by Gasteiger charge is 2.04. The molecule has 0 aliphatic heterocycles. The summed E-state index contributed by atoms with van der Waals surface area (Å²) in [5.41, 5.74) is 1.17. The molecule has 0 saturated carbocycles. The minimum absolute atomic E-state index is 0.0613. The van der Waals surface area contributed by atoms with E-state index in [9.17, 15) is 4.79 Å². The highest BCUT2D eigenvalue weighted by atomic mass is 32.1. The molecule has 17 heavy (non-hydrogen) atoms. The van der Waals surface area contributed by atoms with Gasteiger partial charge in [0.15, 0.2) is 5.43 Å². The Bertz CT molecular complexity index is 729. The molecule has 0 N–H and O–H groups in total. The molecule has 0 bridgehead atoms. The van der Waals surface area contributed by atoms with Gasteiger partial charge in [0.25, 0.3) is 0 Å². The lowest BCUT2D eigenvalue weighted by atomic mass is 10.2. The first-order valence-electron chi connectivity index (χ1n) is 5.27. The summed E-state index contributed by atoms with van der Waals surface area (Å²) in [5, 5.41) is 1.68. The number of rotatable bonds is 1. The largest absolute Gasteiger partial charge is 0.297 e. The van der Waals surface area contributed by atoms with Crippen molar-refractivity contribution in [1.29, 1.82) is 0 Å². The smallest absolute Gasteiger partial charge is 0.190 e. The quantitative estimate of drug-likeness (QED) is 0.657. The predicted octanol–water partition coefficient (Wildman–Crippen LogP) is 2.76. The third kappa shape index (κ3) is 1.76. The first-order chi connectivity index (χ1) is 8.24. The van der Waals surface area contributed by atoms with Gasteiger partial charge in [-0.15, -0.1) is 11.3 Å². The Morgan fingerprint density at radius 3 is 2.94 bits per heavy atom. The van der Waals surface area contributed by atoms with E-state index in [1.54, 1.807) is 29.9 Å². The van der Waals surface area contributed by atoms with Crippen molar-refractivity contribution in [3.63, 3.8) is 0 Å². The van der Waals surface area contributed by atoms with E-state index >= 15 is 0 Å². The van der Waals surface area contributed by atoms with Crippen LogP contribution in [0.25, 0.3) is 15.1 Å². The molecule has 3 aromatic rings. The summed E-state index contributed by atoms with van der Waals surface area (Å²) in [6, 6.07) is 7.62. The fraction of sp³-hybridized carbons (Fsp3) is 0.0769. The van der Waals surface area contributed by atoms with Crippen LogP contribution in [0.2, 0.25) is 0 Å². The number of imidazole rings is 1. The van der Waals surface area contributed by atoms with E-state index in [4.69, 9.17) is 0 Å². The maximum absolute atomic E-state index is 12.0.